The zero-order valence-electron chi connectivity index (χ0n) is 10.1. The third-order valence-electron chi connectivity index (χ3n) is 3.54. The predicted molar refractivity (Wildman–Crippen MR) is 66.5 cm³/mol. The Hall–Kier alpha value is -0.650. The lowest BCUT2D eigenvalue weighted by Gasteiger charge is -2.27. The minimum atomic E-state index is 0. The van der Waals surface area contributed by atoms with Crippen molar-refractivity contribution in [2.24, 2.45) is 0 Å². The van der Waals surface area contributed by atoms with Gasteiger partial charge in [0, 0.05) is 31.7 Å². The average Bonchev–Trinajstić information content (AvgIpc) is 2.75. The van der Waals surface area contributed by atoms with E-state index in [1.165, 1.54) is 5.82 Å². The van der Waals surface area contributed by atoms with Crippen LogP contribution < -0.4 is 5.32 Å². The maximum absolute atomic E-state index is 5.40. The number of nitrogens with one attached hydrogen (secondary N) is 1. The lowest BCUT2D eigenvalue weighted by molar-refractivity contribution is 0.0822. The van der Waals surface area contributed by atoms with Crippen LogP contribution in [0.25, 0.3) is 0 Å². The number of hydrogen-bond donors (Lipinski definition) is 1. The third-order valence-corrected chi connectivity index (χ3v) is 3.54. The van der Waals surface area contributed by atoms with Crippen molar-refractivity contribution in [1.82, 2.24) is 20.1 Å². The molecule has 17 heavy (non-hydrogen) atoms. The van der Waals surface area contributed by atoms with Gasteiger partial charge in [0.15, 0.2) is 0 Å². The highest BCUT2D eigenvalue weighted by Gasteiger charge is 2.27. The summed E-state index contributed by atoms with van der Waals surface area (Å²) in [4.78, 5) is 0. The van der Waals surface area contributed by atoms with E-state index in [4.69, 9.17) is 4.74 Å². The summed E-state index contributed by atoms with van der Waals surface area (Å²) in [5.41, 5.74) is 0. The first-order valence-electron chi connectivity index (χ1n) is 6.08. The van der Waals surface area contributed by atoms with Crippen molar-refractivity contribution in [1.29, 1.82) is 0 Å². The van der Waals surface area contributed by atoms with Crippen LogP contribution in [0.5, 0.6) is 0 Å². The molecular weight excluding hydrogens is 240 g/mol. The van der Waals surface area contributed by atoms with Crippen LogP contribution in [-0.4, -0.2) is 34.5 Å². The van der Waals surface area contributed by atoms with Crippen LogP contribution in [0, 0.1) is 0 Å². The average molecular weight is 259 g/mol. The van der Waals surface area contributed by atoms with Crippen molar-refractivity contribution in [2.75, 3.05) is 19.8 Å². The third kappa shape index (κ3) is 2.32. The minimum Gasteiger partial charge on any atom is -0.381 e. The van der Waals surface area contributed by atoms with Crippen molar-refractivity contribution in [2.45, 2.75) is 38.3 Å². The molecule has 0 aliphatic carbocycles. The summed E-state index contributed by atoms with van der Waals surface area (Å²) >= 11 is 0. The monoisotopic (exact) mass is 258 g/mol. The van der Waals surface area contributed by atoms with E-state index in [0.717, 1.165) is 45.0 Å². The first kappa shape index (κ1) is 12.8. The molecule has 0 radical (unpaired) electrons. The molecule has 0 amide bonds. The molecule has 0 aromatic carbocycles. The van der Waals surface area contributed by atoms with E-state index < -0.39 is 0 Å². The largest absolute Gasteiger partial charge is 0.381 e. The molecule has 3 heterocycles. The Balaban J connectivity index is 0.00000108. The number of ether oxygens (including phenoxy) is 1. The molecule has 0 spiro atoms. The summed E-state index contributed by atoms with van der Waals surface area (Å²) in [5, 5.41) is 12.0. The highest BCUT2D eigenvalue weighted by molar-refractivity contribution is 5.85. The summed E-state index contributed by atoms with van der Waals surface area (Å²) in [6, 6.07) is 0.469. The van der Waals surface area contributed by atoms with Gasteiger partial charge in [-0.05, 0) is 19.8 Å². The number of aromatic nitrogens is 3. The Kier molecular flexibility index (Phi) is 4.01. The number of rotatable bonds is 1. The fraction of sp³-hybridized carbons (Fsp3) is 0.818. The van der Waals surface area contributed by atoms with Gasteiger partial charge in [0.05, 0.1) is 6.54 Å². The number of nitrogens with zero attached hydrogens (tertiary/aromatic N) is 3. The van der Waals surface area contributed by atoms with Crippen LogP contribution in [0.3, 0.4) is 0 Å². The van der Waals surface area contributed by atoms with Crippen LogP contribution in [-0.2, 0) is 11.3 Å². The van der Waals surface area contributed by atoms with Crippen molar-refractivity contribution in [3.8, 4) is 0 Å². The van der Waals surface area contributed by atoms with E-state index in [9.17, 15) is 0 Å². The van der Waals surface area contributed by atoms with Crippen LogP contribution in [0.15, 0.2) is 0 Å². The Morgan fingerprint density at radius 3 is 2.82 bits per heavy atom. The number of hydrogen-bond acceptors (Lipinski definition) is 4. The van der Waals surface area contributed by atoms with Gasteiger partial charge in [-0.1, -0.05) is 0 Å². The van der Waals surface area contributed by atoms with Crippen molar-refractivity contribution >= 4 is 12.4 Å². The highest BCUT2D eigenvalue weighted by atomic mass is 35.5. The standard InChI is InChI=1S/C11H18N4O.ClH/c1-8-6-12-7-10-13-14-11(15(8)10)9-2-4-16-5-3-9;/h8-9,12H,2-7H2,1H3;1H/t8-;/m0./s1. The summed E-state index contributed by atoms with van der Waals surface area (Å²) in [6.45, 7) is 5.81. The number of fused-ring (bicyclic) bond motifs is 1. The molecule has 0 unspecified atom stereocenters. The Morgan fingerprint density at radius 1 is 1.29 bits per heavy atom. The zero-order chi connectivity index (χ0) is 11.0. The Morgan fingerprint density at radius 2 is 2.06 bits per heavy atom. The molecule has 5 nitrogen and oxygen atoms in total. The van der Waals surface area contributed by atoms with E-state index in [0.29, 0.717) is 12.0 Å². The van der Waals surface area contributed by atoms with Crippen molar-refractivity contribution in [3.05, 3.63) is 11.6 Å². The quantitative estimate of drug-likeness (QED) is 0.824. The second-order valence-corrected chi connectivity index (χ2v) is 4.71. The van der Waals surface area contributed by atoms with Gasteiger partial charge < -0.3 is 14.6 Å². The molecule has 6 heteroatoms. The molecule has 2 aliphatic heterocycles. The second-order valence-electron chi connectivity index (χ2n) is 4.71. The summed E-state index contributed by atoms with van der Waals surface area (Å²) in [5.74, 6) is 2.79. The van der Waals surface area contributed by atoms with Crippen LogP contribution in [0.1, 0.15) is 43.4 Å². The van der Waals surface area contributed by atoms with Gasteiger partial charge in [-0.2, -0.15) is 0 Å². The molecule has 3 rings (SSSR count). The van der Waals surface area contributed by atoms with Gasteiger partial charge in [0.1, 0.15) is 11.6 Å². The van der Waals surface area contributed by atoms with E-state index in [1.54, 1.807) is 0 Å². The predicted octanol–water partition coefficient (Wildman–Crippen LogP) is 1.26. The van der Waals surface area contributed by atoms with Crippen molar-refractivity contribution in [3.63, 3.8) is 0 Å². The van der Waals surface area contributed by atoms with Gasteiger partial charge in [-0.3, -0.25) is 0 Å². The molecule has 1 aromatic heterocycles. The fourth-order valence-corrected chi connectivity index (χ4v) is 2.66. The van der Waals surface area contributed by atoms with Gasteiger partial charge in [-0.25, -0.2) is 0 Å². The van der Waals surface area contributed by atoms with E-state index >= 15 is 0 Å². The summed E-state index contributed by atoms with van der Waals surface area (Å²) < 4.78 is 7.72. The van der Waals surface area contributed by atoms with Crippen LogP contribution in [0.2, 0.25) is 0 Å². The second kappa shape index (κ2) is 5.33. The number of halogens is 1. The molecule has 1 atom stereocenters. The van der Waals surface area contributed by atoms with Gasteiger partial charge in [-0.15, -0.1) is 22.6 Å². The van der Waals surface area contributed by atoms with E-state index in [2.05, 4.69) is 27.0 Å². The minimum absolute atomic E-state index is 0. The lowest BCUT2D eigenvalue weighted by atomic mass is 9.99. The molecule has 1 fully saturated rings. The van der Waals surface area contributed by atoms with Crippen molar-refractivity contribution < 1.29 is 4.74 Å². The molecule has 1 saturated heterocycles. The lowest BCUT2D eigenvalue weighted by Crippen LogP contribution is -2.33. The maximum atomic E-state index is 5.40. The Labute approximate surface area is 107 Å². The zero-order valence-corrected chi connectivity index (χ0v) is 10.9. The van der Waals surface area contributed by atoms with Crippen LogP contribution in [0.4, 0.5) is 0 Å². The van der Waals surface area contributed by atoms with Gasteiger partial charge in [0.2, 0.25) is 0 Å². The summed E-state index contributed by atoms with van der Waals surface area (Å²) in [7, 11) is 0. The van der Waals surface area contributed by atoms with Gasteiger partial charge in [0.25, 0.3) is 0 Å². The van der Waals surface area contributed by atoms with Crippen LogP contribution >= 0.6 is 12.4 Å². The first-order chi connectivity index (χ1) is 7.86. The molecule has 0 saturated carbocycles. The Bertz CT molecular complexity index is 376. The SMILES string of the molecule is C[C@H]1CNCc2nnc(C3CCOCC3)n21.Cl. The van der Waals surface area contributed by atoms with Gasteiger partial charge >= 0.3 is 0 Å². The normalized spacial score (nSPS) is 25.1. The first-order valence-corrected chi connectivity index (χ1v) is 6.08. The highest BCUT2D eigenvalue weighted by Crippen LogP contribution is 2.28. The van der Waals surface area contributed by atoms with E-state index in [1.807, 2.05) is 0 Å². The molecule has 1 aromatic rings. The molecule has 2 aliphatic rings. The molecule has 96 valence electrons. The molecule has 0 bridgehead atoms. The topological polar surface area (TPSA) is 52.0 Å². The fourth-order valence-electron chi connectivity index (χ4n) is 2.66. The molecular formula is C11H19ClN4O. The maximum Gasteiger partial charge on any atom is 0.147 e. The summed E-state index contributed by atoms with van der Waals surface area (Å²) in [6.07, 6.45) is 2.16. The smallest absolute Gasteiger partial charge is 0.147 e. The molecule has 1 N–H and O–H groups in total. The van der Waals surface area contributed by atoms with E-state index in [-0.39, 0.29) is 12.4 Å².